The topological polar surface area (TPSA) is 49.3 Å². The van der Waals surface area contributed by atoms with E-state index in [0.29, 0.717) is 5.02 Å². The van der Waals surface area contributed by atoms with Gasteiger partial charge in [0.2, 0.25) is 0 Å². The van der Waals surface area contributed by atoms with E-state index in [1.165, 1.54) is 16.9 Å². The molecule has 4 aromatic rings. The Morgan fingerprint density at radius 1 is 1.07 bits per heavy atom. The van der Waals surface area contributed by atoms with Crippen LogP contribution in [0.3, 0.4) is 0 Å². The van der Waals surface area contributed by atoms with E-state index in [1.807, 2.05) is 42.5 Å². The number of nitriles is 1. The Hall–Kier alpha value is -2.87. The quantitative estimate of drug-likeness (QED) is 0.340. The van der Waals surface area contributed by atoms with Crippen molar-refractivity contribution in [2.24, 2.45) is 4.99 Å². The molecule has 0 amide bonds. The second-order valence-electron chi connectivity index (χ2n) is 7.62. The minimum atomic E-state index is 0.683. The highest BCUT2D eigenvalue weighted by Gasteiger charge is 2.20. The van der Waals surface area contributed by atoms with Gasteiger partial charge in [-0.05, 0) is 74.6 Å². The maximum Gasteiger partial charge on any atom is 0.136 e. The second kappa shape index (κ2) is 7.75. The molecule has 2 aromatic heterocycles. The molecule has 148 valence electrons. The Morgan fingerprint density at radius 3 is 2.67 bits per heavy atom. The summed E-state index contributed by atoms with van der Waals surface area (Å²) in [5.41, 5.74) is 4.78. The van der Waals surface area contributed by atoms with E-state index in [-0.39, 0.29) is 0 Å². The number of halogens is 1. The Labute approximate surface area is 183 Å². The van der Waals surface area contributed by atoms with Gasteiger partial charge < -0.3 is 4.42 Å². The van der Waals surface area contributed by atoms with Gasteiger partial charge >= 0.3 is 0 Å². The van der Waals surface area contributed by atoms with Crippen molar-refractivity contribution in [1.29, 1.82) is 5.26 Å². The van der Waals surface area contributed by atoms with Crippen LogP contribution < -0.4 is 5.36 Å². The van der Waals surface area contributed by atoms with Crippen molar-refractivity contribution in [1.82, 2.24) is 0 Å². The van der Waals surface area contributed by atoms with Crippen LogP contribution in [0.15, 0.2) is 57.9 Å². The smallest absolute Gasteiger partial charge is 0.136 e. The summed E-state index contributed by atoms with van der Waals surface area (Å²) < 4.78 is 6.19. The normalized spacial score (nSPS) is 14.0. The fourth-order valence-electron chi connectivity index (χ4n) is 3.99. The standard InChI is InChI=1S/C25H19ClN2OS/c1-15-6-11-22-19(12-15)21(13-23(29-22)16-7-9-17(26)10-8-16)28-25-20(14-27)18-4-2-3-5-24(18)30-25/h6-13H,2-5H2,1H3. The molecule has 0 spiro atoms. The Morgan fingerprint density at radius 2 is 1.87 bits per heavy atom. The highest BCUT2D eigenvalue weighted by molar-refractivity contribution is 7.16. The second-order valence-corrected chi connectivity index (χ2v) is 9.14. The average molecular weight is 431 g/mol. The monoisotopic (exact) mass is 430 g/mol. The van der Waals surface area contributed by atoms with Crippen molar-refractivity contribution >= 4 is 38.9 Å². The van der Waals surface area contributed by atoms with Gasteiger partial charge in [-0.2, -0.15) is 5.26 Å². The molecule has 2 aromatic carbocycles. The summed E-state index contributed by atoms with van der Waals surface area (Å²) in [4.78, 5) is 6.32. The number of nitrogens with zero attached hydrogens (tertiary/aromatic N) is 2. The molecule has 30 heavy (non-hydrogen) atoms. The van der Waals surface area contributed by atoms with Crippen LogP contribution in [0.4, 0.5) is 5.00 Å². The van der Waals surface area contributed by atoms with Gasteiger partial charge in [0.1, 0.15) is 22.4 Å². The van der Waals surface area contributed by atoms with Gasteiger partial charge in [-0.15, -0.1) is 11.3 Å². The molecule has 0 radical (unpaired) electrons. The van der Waals surface area contributed by atoms with Crippen LogP contribution in [-0.4, -0.2) is 0 Å². The molecular weight excluding hydrogens is 412 g/mol. The zero-order chi connectivity index (χ0) is 20.7. The third-order valence-electron chi connectivity index (χ3n) is 5.51. The van der Waals surface area contributed by atoms with Crippen LogP contribution >= 0.6 is 22.9 Å². The first kappa shape index (κ1) is 19.1. The lowest BCUT2D eigenvalue weighted by molar-refractivity contribution is 0.618. The summed E-state index contributed by atoms with van der Waals surface area (Å²) in [6, 6.07) is 18.1. The Balaban J connectivity index is 1.77. The van der Waals surface area contributed by atoms with Gasteiger partial charge in [0.25, 0.3) is 0 Å². The fourth-order valence-corrected chi connectivity index (χ4v) is 5.33. The third-order valence-corrected chi connectivity index (χ3v) is 6.95. The molecule has 0 fully saturated rings. The van der Waals surface area contributed by atoms with Gasteiger partial charge in [0, 0.05) is 26.9 Å². The number of rotatable bonds is 2. The first-order chi connectivity index (χ1) is 14.6. The lowest BCUT2D eigenvalue weighted by atomic mass is 9.96. The van der Waals surface area contributed by atoms with Crippen molar-refractivity contribution in [3.8, 4) is 17.4 Å². The molecule has 2 heterocycles. The molecule has 0 atom stereocenters. The predicted molar refractivity (Wildman–Crippen MR) is 122 cm³/mol. The zero-order valence-electron chi connectivity index (χ0n) is 16.5. The minimum absolute atomic E-state index is 0.683. The number of thiophene rings is 1. The van der Waals surface area contributed by atoms with Gasteiger partial charge in [0.15, 0.2) is 0 Å². The van der Waals surface area contributed by atoms with E-state index < -0.39 is 0 Å². The molecule has 0 bridgehead atoms. The molecular formula is C25H19ClN2OS. The molecule has 0 saturated heterocycles. The molecule has 3 nitrogen and oxygen atoms in total. The van der Waals surface area contributed by atoms with E-state index >= 15 is 0 Å². The SMILES string of the molecule is Cc1ccc2oc(-c3ccc(Cl)cc3)cc(=Nc3sc4c(c3C#N)CCCC4)c2c1. The average Bonchev–Trinajstić information content (AvgIpc) is 3.11. The van der Waals surface area contributed by atoms with Crippen molar-refractivity contribution in [3.63, 3.8) is 0 Å². The fraction of sp³-hybridized carbons (Fsp3) is 0.200. The largest absolute Gasteiger partial charge is 0.456 e. The van der Waals surface area contributed by atoms with Gasteiger partial charge in [-0.25, -0.2) is 4.99 Å². The van der Waals surface area contributed by atoms with Gasteiger partial charge in [-0.1, -0.05) is 23.2 Å². The maximum atomic E-state index is 9.82. The Kier molecular flexibility index (Phi) is 4.94. The summed E-state index contributed by atoms with van der Waals surface area (Å²) in [6.07, 6.45) is 4.35. The summed E-state index contributed by atoms with van der Waals surface area (Å²) >= 11 is 7.72. The van der Waals surface area contributed by atoms with Crippen LogP contribution in [0.1, 0.15) is 34.4 Å². The number of benzene rings is 2. The van der Waals surface area contributed by atoms with Crippen molar-refractivity contribution in [2.75, 3.05) is 0 Å². The maximum absolute atomic E-state index is 9.82. The van der Waals surface area contributed by atoms with Crippen LogP contribution in [-0.2, 0) is 12.8 Å². The van der Waals surface area contributed by atoms with Gasteiger partial charge in [-0.3, -0.25) is 0 Å². The summed E-state index contributed by atoms with van der Waals surface area (Å²) in [5, 5.41) is 13.1. The van der Waals surface area contributed by atoms with Crippen LogP contribution in [0.25, 0.3) is 22.3 Å². The van der Waals surface area contributed by atoms with Gasteiger partial charge in [0.05, 0.1) is 10.9 Å². The zero-order valence-corrected chi connectivity index (χ0v) is 18.1. The molecule has 0 aliphatic heterocycles. The molecule has 5 heteroatoms. The number of aryl methyl sites for hydroxylation is 2. The van der Waals surface area contributed by atoms with Crippen molar-refractivity contribution in [3.05, 3.63) is 80.5 Å². The number of hydrogen-bond acceptors (Lipinski definition) is 4. The first-order valence-electron chi connectivity index (χ1n) is 10.0. The summed E-state index contributed by atoms with van der Waals surface area (Å²) in [7, 11) is 0. The van der Waals surface area contributed by atoms with E-state index in [0.717, 1.165) is 63.0 Å². The van der Waals surface area contributed by atoms with Crippen molar-refractivity contribution in [2.45, 2.75) is 32.6 Å². The highest BCUT2D eigenvalue weighted by Crippen LogP contribution is 2.39. The minimum Gasteiger partial charge on any atom is -0.456 e. The van der Waals surface area contributed by atoms with Crippen LogP contribution in [0.5, 0.6) is 0 Å². The van der Waals surface area contributed by atoms with Crippen LogP contribution in [0.2, 0.25) is 5.02 Å². The summed E-state index contributed by atoms with van der Waals surface area (Å²) in [5.74, 6) is 0.724. The summed E-state index contributed by atoms with van der Waals surface area (Å²) in [6.45, 7) is 2.06. The van der Waals surface area contributed by atoms with E-state index in [1.54, 1.807) is 11.3 Å². The Bertz CT molecular complexity index is 1370. The molecule has 1 aliphatic carbocycles. The number of fused-ring (bicyclic) bond motifs is 2. The molecule has 0 saturated carbocycles. The third kappa shape index (κ3) is 3.45. The predicted octanol–water partition coefficient (Wildman–Crippen LogP) is 7.11. The molecule has 1 aliphatic rings. The van der Waals surface area contributed by atoms with E-state index in [4.69, 9.17) is 21.0 Å². The lowest BCUT2D eigenvalue weighted by Gasteiger charge is -2.09. The van der Waals surface area contributed by atoms with E-state index in [2.05, 4.69) is 19.1 Å². The number of hydrogen-bond donors (Lipinski definition) is 0. The van der Waals surface area contributed by atoms with E-state index in [9.17, 15) is 5.26 Å². The molecule has 0 N–H and O–H groups in total. The highest BCUT2D eigenvalue weighted by atomic mass is 35.5. The molecule has 5 rings (SSSR count). The molecule has 0 unspecified atom stereocenters. The van der Waals surface area contributed by atoms with Crippen LogP contribution in [0, 0.1) is 18.3 Å². The lowest BCUT2D eigenvalue weighted by Crippen LogP contribution is -2.03. The van der Waals surface area contributed by atoms with Crippen molar-refractivity contribution < 1.29 is 4.42 Å². The first-order valence-corrected chi connectivity index (χ1v) is 11.2.